The fraction of sp³-hybridized carbons (Fsp3) is 0.200. The SMILES string of the molecule is CN(C)c1nc(N)nc(COC(=O)COc2ccc3oc4ccccc4c3c2)n1. The van der Waals surface area contributed by atoms with E-state index in [-0.39, 0.29) is 25.0 Å². The standard InChI is InChI=1S/C20H19N5O4/c1-25(2)20-23-17(22-19(21)24-20)10-28-18(26)11-27-12-7-8-16-14(9-12)13-5-3-4-6-15(13)29-16/h3-9H,10-11H2,1-2H3,(H2,21,22,23,24). The van der Waals surface area contributed by atoms with Crippen molar-refractivity contribution in [3.63, 3.8) is 0 Å². The average Bonchev–Trinajstić information content (AvgIpc) is 3.08. The number of anilines is 2. The zero-order chi connectivity index (χ0) is 20.4. The maximum atomic E-state index is 12.0. The predicted octanol–water partition coefficient (Wildman–Crippen LogP) is 2.54. The molecule has 0 aliphatic rings. The molecule has 0 unspecified atom stereocenters. The van der Waals surface area contributed by atoms with E-state index in [2.05, 4.69) is 15.0 Å². The number of rotatable bonds is 6. The van der Waals surface area contributed by atoms with Crippen LogP contribution in [0.2, 0.25) is 0 Å². The first-order valence-corrected chi connectivity index (χ1v) is 8.87. The molecule has 2 aromatic carbocycles. The number of benzene rings is 2. The number of nitrogen functional groups attached to an aromatic ring is 1. The van der Waals surface area contributed by atoms with Crippen LogP contribution in [0.3, 0.4) is 0 Å². The van der Waals surface area contributed by atoms with Crippen molar-refractivity contribution in [2.75, 3.05) is 31.3 Å². The Hall–Kier alpha value is -3.88. The van der Waals surface area contributed by atoms with E-state index in [1.807, 2.05) is 36.4 Å². The molecule has 0 atom stereocenters. The Bertz CT molecular complexity index is 1190. The van der Waals surface area contributed by atoms with E-state index >= 15 is 0 Å². The Morgan fingerprint density at radius 2 is 1.86 bits per heavy atom. The van der Waals surface area contributed by atoms with Gasteiger partial charge >= 0.3 is 5.97 Å². The van der Waals surface area contributed by atoms with Crippen LogP contribution >= 0.6 is 0 Å². The van der Waals surface area contributed by atoms with Crippen LogP contribution in [0, 0.1) is 0 Å². The van der Waals surface area contributed by atoms with Crippen molar-refractivity contribution in [2.24, 2.45) is 0 Å². The number of para-hydroxylation sites is 1. The molecule has 0 fully saturated rings. The first kappa shape index (κ1) is 18.5. The summed E-state index contributed by atoms with van der Waals surface area (Å²) in [7, 11) is 3.55. The van der Waals surface area contributed by atoms with Crippen molar-refractivity contribution >= 4 is 39.8 Å². The van der Waals surface area contributed by atoms with Crippen molar-refractivity contribution in [3.05, 3.63) is 48.3 Å². The van der Waals surface area contributed by atoms with Gasteiger partial charge in [-0.2, -0.15) is 15.0 Å². The molecule has 0 aliphatic heterocycles. The Morgan fingerprint density at radius 3 is 2.69 bits per heavy atom. The van der Waals surface area contributed by atoms with Crippen LogP contribution in [0.15, 0.2) is 46.9 Å². The highest BCUT2D eigenvalue weighted by molar-refractivity contribution is 6.05. The zero-order valence-corrected chi connectivity index (χ0v) is 16.0. The maximum Gasteiger partial charge on any atom is 0.344 e. The van der Waals surface area contributed by atoms with Crippen molar-refractivity contribution in [1.29, 1.82) is 0 Å². The van der Waals surface area contributed by atoms with Gasteiger partial charge in [0.25, 0.3) is 0 Å². The summed E-state index contributed by atoms with van der Waals surface area (Å²) in [6.45, 7) is -0.371. The second kappa shape index (κ2) is 7.63. The molecule has 4 aromatic rings. The van der Waals surface area contributed by atoms with Crippen molar-refractivity contribution in [3.8, 4) is 5.75 Å². The number of carbonyl (C=O) groups is 1. The molecule has 9 nitrogen and oxygen atoms in total. The molecular formula is C20H19N5O4. The first-order chi connectivity index (χ1) is 14.0. The summed E-state index contributed by atoms with van der Waals surface area (Å²) in [6.07, 6.45) is 0. The van der Waals surface area contributed by atoms with Gasteiger partial charge in [-0.15, -0.1) is 0 Å². The molecule has 2 aromatic heterocycles. The van der Waals surface area contributed by atoms with E-state index in [0.717, 1.165) is 21.9 Å². The third-order valence-corrected chi connectivity index (χ3v) is 4.15. The van der Waals surface area contributed by atoms with Crippen LogP contribution in [0.4, 0.5) is 11.9 Å². The minimum Gasteiger partial charge on any atom is -0.482 e. The lowest BCUT2D eigenvalue weighted by atomic mass is 10.1. The minimum absolute atomic E-state index is 0.0617. The average molecular weight is 393 g/mol. The summed E-state index contributed by atoms with van der Waals surface area (Å²) in [5, 5.41) is 1.91. The number of ether oxygens (including phenoxy) is 2. The number of esters is 1. The molecule has 0 radical (unpaired) electrons. The van der Waals surface area contributed by atoms with Gasteiger partial charge in [0.05, 0.1) is 0 Å². The molecule has 2 heterocycles. The van der Waals surface area contributed by atoms with Crippen LogP contribution in [-0.4, -0.2) is 41.6 Å². The van der Waals surface area contributed by atoms with E-state index < -0.39 is 5.97 Å². The van der Waals surface area contributed by atoms with Crippen LogP contribution < -0.4 is 15.4 Å². The van der Waals surface area contributed by atoms with E-state index in [9.17, 15) is 4.79 Å². The lowest BCUT2D eigenvalue weighted by molar-refractivity contribution is -0.147. The van der Waals surface area contributed by atoms with Gasteiger partial charge in [-0.1, -0.05) is 18.2 Å². The second-order valence-electron chi connectivity index (χ2n) is 6.51. The number of nitrogens with two attached hydrogens (primary N) is 1. The molecule has 0 saturated heterocycles. The number of aromatic nitrogens is 3. The zero-order valence-electron chi connectivity index (χ0n) is 16.0. The van der Waals surface area contributed by atoms with Crippen LogP contribution in [0.5, 0.6) is 5.75 Å². The number of furan rings is 1. The van der Waals surface area contributed by atoms with Crippen molar-refractivity contribution in [2.45, 2.75) is 6.61 Å². The topological polar surface area (TPSA) is 117 Å². The molecule has 4 rings (SSSR count). The van der Waals surface area contributed by atoms with Crippen LogP contribution in [0.1, 0.15) is 5.82 Å². The van der Waals surface area contributed by atoms with Gasteiger partial charge < -0.3 is 24.5 Å². The molecule has 2 N–H and O–H groups in total. The van der Waals surface area contributed by atoms with Gasteiger partial charge in [0.1, 0.15) is 16.9 Å². The largest absolute Gasteiger partial charge is 0.482 e. The fourth-order valence-electron chi connectivity index (χ4n) is 2.81. The number of hydrogen-bond acceptors (Lipinski definition) is 9. The third kappa shape index (κ3) is 4.03. The molecule has 148 valence electrons. The number of hydrogen-bond donors (Lipinski definition) is 1. The molecule has 0 amide bonds. The Kier molecular flexibility index (Phi) is 4.86. The van der Waals surface area contributed by atoms with Crippen molar-refractivity contribution in [1.82, 2.24) is 15.0 Å². The normalized spacial score (nSPS) is 11.0. The summed E-state index contributed by atoms with van der Waals surface area (Å²) >= 11 is 0. The van der Waals surface area contributed by atoms with Gasteiger partial charge in [0.2, 0.25) is 11.9 Å². The van der Waals surface area contributed by atoms with Gasteiger partial charge in [0, 0.05) is 24.9 Å². The maximum absolute atomic E-state index is 12.0. The quantitative estimate of drug-likeness (QED) is 0.493. The Morgan fingerprint density at radius 1 is 1.07 bits per heavy atom. The summed E-state index contributed by atoms with van der Waals surface area (Å²) in [5.41, 5.74) is 7.21. The van der Waals surface area contributed by atoms with Gasteiger partial charge in [-0.3, -0.25) is 0 Å². The van der Waals surface area contributed by atoms with E-state index in [0.29, 0.717) is 11.7 Å². The molecule has 0 saturated carbocycles. The van der Waals surface area contributed by atoms with E-state index in [1.54, 1.807) is 25.1 Å². The molecule has 0 spiro atoms. The third-order valence-electron chi connectivity index (χ3n) is 4.15. The first-order valence-electron chi connectivity index (χ1n) is 8.87. The van der Waals surface area contributed by atoms with E-state index in [4.69, 9.17) is 19.6 Å². The summed E-state index contributed by atoms with van der Waals surface area (Å²) < 4.78 is 16.5. The van der Waals surface area contributed by atoms with Gasteiger partial charge in [0.15, 0.2) is 19.0 Å². The molecule has 9 heteroatoms. The predicted molar refractivity (Wildman–Crippen MR) is 108 cm³/mol. The Balaban J connectivity index is 1.39. The lowest BCUT2D eigenvalue weighted by Gasteiger charge is -2.11. The highest BCUT2D eigenvalue weighted by atomic mass is 16.6. The lowest BCUT2D eigenvalue weighted by Crippen LogP contribution is -2.18. The smallest absolute Gasteiger partial charge is 0.344 e. The van der Waals surface area contributed by atoms with Crippen LogP contribution in [0.25, 0.3) is 21.9 Å². The second-order valence-corrected chi connectivity index (χ2v) is 6.51. The molecule has 29 heavy (non-hydrogen) atoms. The van der Waals surface area contributed by atoms with Crippen molar-refractivity contribution < 1.29 is 18.7 Å². The van der Waals surface area contributed by atoms with Gasteiger partial charge in [-0.05, 0) is 24.3 Å². The number of carbonyl (C=O) groups excluding carboxylic acids is 1. The highest BCUT2D eigenvalue weighted by Gasteiger charge is 2.11. The summed E-state index contributed by atoms with van der Waals surface area (Å²) in [4.78, 5) is 25.9. The Labute approximate surface area is 166 Å². The highest BCUT2D eigenvalue weighted by Crippen LogP contribution is 2.31. The fourth-order valence-corrected chi connectivity index (χ4v) is 2.81. The number of fused-ring (bicyclic) bond motifs is 3. The minimum atomic E-state index is -0.549. The number of nitrogens with zero attached hydrogens (tertiary/aromatic N) is 4. The van der Waals surface area contributed by atoms with Crippen LogP contribution in [-0.2, 0) is 16.1 Å². The molecule has 0 aliphatic carbocycles. The summed E-state index contributed by atoms with van der Waals surface area (Å²) in [6, 6.07) is 13.1. The molecule has 0 bridgehead atoms. The monoisotopic (exact) mass is 393 g/mol. The van der Waals surface area contributed by atoms with Gasteiger partial charge in [-0.25, -0.2) is 4.79 Å². The molecular weight excluding hydrogens is 374 g/mol. The van der Waals surface area contributed by atoms with E-state index in [1.165, 1.54) is 0 Å². The summed E-state index contributed by atoms with van der Waals surface area (Å²) in [5.74, 6) is 0.709.